The lowest BCUT2D eigenvalue weighted by atomic mass is 9.94. The normalized spacial score (nSPS) is 28.5. The monoisotopic (exact) mass is 260 g/mol. The Hall–Kier alpha value is -0.260. The molecule has 0 aromatic rings. The molecule has 0 bridgehead atoms. The molecular weight excluding hydrogens is 236 g/mol. The van der Waals surface area contributed by atoms with Gasteiger partial charge < -0.3 is 15.7 Å². The fourth-order valence-electron chi connectivity index (χ4n) is 2.07. The van der Waals surface area contributed by atoms with Gasteiger partial charge in [0.2, 0.25) is 5.91 Å². The summed E-state index contributed by atoms with van der Waals surface area (Å²) < 4.78 is 0. The number of aliphatic hydroxyl groups is 1. The fraction of sp³-hybridized carbons (Fsp3) is 0.917. The second kappa shape index (κ2) is 6.61. The predicted molar refractivity (Wildman–Crippen MR) is 72.2 cm³/mol. The molecule has 1 fully saturated rings. The van der Waals surface area contributed by atoms with Crippen LogP contribution in [0.3, 0.4) is 0 Å². The van der Waals surface area contributed by atoms with Crippen molar-refractivity contribution in [3.63, 3.8) is 0 Å². The third-order valence-electron chi connectivity index (χ3n) is 3.08. The van der Waals surface area contributed by atoms with Gasteiger partial charge in [-0.15, -0.1) is 0 Å². The topological polar surface area (TPSA) is 61.4 Å². The van der Waals surface area contributed by atoms with Crippen molar-refractivity contribution in [3.05, 3.63) is 0 Å². The summed E-state index contributed by atoms with van der Waals surface area (Å²) >= 11 is 1.58. The third-order valence-corrected chi connectivity index (χ3v) is 3.99. The molecule has 100 valence electrons. The fourth-order valence-corrected chi connectivity index (χ4v) is 2.79. The molecule has 0 aromatic heterocycles. The van der Waals surface area contributed by atoms with Gasteiger partial charge in [-0.05, 0) is 38.5 Å². The Morgan fingerprint density at radius 1 is 1.65 bits per heavy atom. The van der Waals surface area contributed by atoms with E-state index in [9.17, 15) is 9.90 Å². The standard InChI is InChI=1S/C12H24N2O2S/c1-9-4-5-13-10(6-9)11(15)14-7-12(2,16)8-17-3/h9-10,13,16H,4-8H2,1-3H3,(H,14,15). The first-order valence-corrected chi connectivity index (χ1v) is 7.56. The highest BCUT2D eigenvalue weighted by molar-refractivity contribution is 7.98. The summed E-state index contributed by atoms with van der Waals surface area (Å²) in [4.78, 5) is 11.9. The van der Waals surface area contributed by atoms with Gasteiger partial charge >= 0.3 is 0 Å². The Morgan fingerprint density at radius 2 is 2.35 bits per heavy atom. The first kappa shape index (κ1) is 14.8. The van der Waals surface area contributed by atoms with Crippen LogP contribution in [0, 0.1) is 5.92 Å². The zero-order valence-electron chi connectivity index (χ0n) is 11.0. The highest BCUT2D eigenvalue weighted by Gasteiger charge is 2.26. The van der Waals surface area contributed by atoms with Crippen LogP contribution in [-0.2, 0) is 4.79 Å². The molecule has 1 aliphatic heterocycles. The molecule has 3 atom stereocenters. The van der Waals surface area contributed by atoms with Crippen molar-refractivity contribution < 1.29 is 9.90 Å². The van der Waals surface area contributed by atoms with Crippen LogP contribution < -0.4 is 10.6 Å². The van der Waals surface area contributed by atoms with E-state index >= 15 is 0 Å². The molecular formula is C12H24N2O2S. The zero-order chi connectivity index (χ0) is 12.9. The van der Waals surface area contributed by atoms with Crippen LogP contribution in [-0.4, -0.2) is 47.8 Å². The maximum atomic E-state index is 11.9. The number of carbonyl (C=O) groups is 1. The highest BCUT2D eigenvalue weighted by Crippen LogP contribution is 2.15. The van der Waals surface area contributed by atoms with Crippen LogP contribution in [0.15, 0.2) is 0 Å². The van der Waals surface area contributed by atoms with Gasteiger partial charge in [0.25, 0.3) is 0 Å². The lowest BCUT2D eigenvalue weighted by molar-refractivity contribution is -0.125. The number of thioether (sulfide) groups is 1. The van der Waals surface area contributed by atoms with E-state index in [1.54, 1.807) is 18.7 Å². The molecule has 1 rings (SSSR count). The van der Waals surface area contributed by atoms with E-state index in [1.807, 2.05) is 6.26 Å². The number of rotatable bonds is 5. The molecule has 1 amide bonds. The van der Waals surface area contributed by atoms with Gasteiger partial charge in [-0.25, -0.2) is 0 Å². The number of piperidine rings is 1. The smallest absolute Gasteiger partial charge is 0.237 e. The van der Waals surface area contributed by atoms with E-state index in [2.05, 4.69) is 17.6 Å². The molecule has 3 unspecified atom stereocenters. The summed E-state index contributed by atoms with van der Waals surface area (Å²) in [6, 6.07) is -0.0937. The molecule has 0 aliphatic carbocycles. The summed E-state index contributed by atoms with van der Waals surface area (Å²) in [7, 11) is 0. The Morgan fingerprint density at radius 3 is 2.94 bits per heavy atom. The van der Waals surface area contributed by atoms with E-state index < -0.39 is 5.60 Å². The van der Waals surface area contributed by atoms with Gasteiger partial charge in [-0.1, -0.05) is 6.92 Å². The van der Waals surface area contributed by atoms with Crippen molar-refractivity contribution in [3.8, 4) is 0 Å². The summed E-state index contributed by atoms with van der Waals surface area (Å²) in [5.41, 5.74) is -0.824. The molecule has 0 radical (unpaired) electrons. The van der Waals surface area contributed by atoms with Crippen LogP contribution in [0.25, 0.3) is 0 Å². The number of hydrogen-bond acceptors (Lipinski definition) is 4. The lowest BCUT2D eigenvalue weighted by Crippen LogP contribution is -2.52. The third kappa shape index (κ3) is 5.27. The second-order valence-corrected chi connectivity index (χ2v) is 6.15. The summed E-state index contributed by atoms with van der Waals surface area (Å²) in [6.45, 7) is 5.14. The Kier molecular flexibility index (Phi) is 5.76. The van der Waals surface area contributed by atoms with Crippen LogP contribution in [0.5, 0.6) is 0 Å². The van der Waals surface area contributed by atoms with Gasteiger partial charge in [0.15, 0.2) is 0 Å². The van der Waals surface area contributed by atoms with Gasteiger partial charge in [0, 0.05) is 12.3 Å². The zero-order valence-corrected chi connectivity index (χ0v) is 11.8. The number of hydrogen-bond donors (Lipinski definition) is 3. The highest BCUT2D eigenvalue weighted by atomic mass is 32.2. The average molecular weight is 260 g/mol. The van der Waals surface area contributed by atoms with Gasteiger partial charge in [-0.2, -0.15) is 11.8 Å². The largest absolute Gasteiger partial charge is 0.387 e. The maximum Gasteiger partial charge on any atom is 0.237 e. The first-order chi connectivity index (χ1) is 7.94. The van der Waals surface area contributed by atoms with E-state index in [0.29, 0.717) is 18.2 Å². The van der Waals surface area contributed by atoms with E-state index in [-0.39, 0.29) is 11.9 Å². The van der Waals surface area contributed by atoms with Crippen molar-refractivity contribution in [1.29, 1.82) is 0 Å². The molecule has 0 saturated carbocycles. The molecule has 5 heteroatoms. The van der Waals surface area contributed by atoms with Gasteiger partial charge in [0.1, 0.15) is 0 Å². The Labute approximate surface area is 108 Å². The van der Waals surface area contributed by atoms with Crippen LogP contribution in [0.4, 0.5) is 0 Å². The van der Waals surface area contributed by atoms with E-state index in [4.69, 9.17) is 0 Å². The van der Waals surface area contributed by atoms with Crippen LogP contribution >= 0.6 is 11.8 Å². The Balaban J connectivity index is 2.33. The molecule has 1 saturated heterocycles. The Bertz CT molecular complexity index is 259. The van der Waals surface area contributed by atoms with Gasteiger partial charge in [0.05, 0.1) is 11.6 Å². The molecule has 1 aliphatic rings. The molecule has 4 nitrogen and oxygen atoms in total. The minimum atomic E-state index is -0.824. The minimum absolute atomic E-state index is 0.0120. The second-order valence-electron chi connectivity index (χ2n) is 5.28. The molecule has 17 heavy (non-hydrogen) atoms. The quantitative estimate of drug-likeness (QED) is 0.677. The van der Waals surface area contributed by atoms with Crippen molar-refractivity contribution in [2.75, 3.05) is 25.1 Å². The van der Waals surface area contributed by atoms with Crippen molar-refractivity contribution in [1.82, 2.24) is 10.6 Å². The van der Waals surface area contributed by atoms with Crippen LogP contribution in [0.1, 0.15) is 26.7 Å². The SMILES string of the molecule is CSCC(C)(O)CNC(=O)C1CC(C)CCN1. The van der Waals surface area contributed by atoms with Crippen LogP contribution in [0.2, 0.25) is 0 Å². The number of amides is 1. The van der Waals surface area contributed by atoms with Crippen molar-refractivity contribution >= 4 is 17.7 Å². The summed E-state index contributed by atoms with van der Waals surface area (Å²) in [6.07, 6.45) is 3.96. The van der Waals surface area contributed by atoms with Crippen molar-refractivity contribution in [2.45, 2.75) is 38.3 Å². The molecule has 1 heterocycles. The first-order valence-electron chi connectivity index (χ1n) is 6.17. The average Bonchev–Trinajstić information content (AvgIpc) is 2.26. The summed E-state index contributed by atoms with van der Waals surface area (Å²) in [5, 5.41) is 16.0. The minimum Gasteiger partial charge on any atom is -0.387 e. The van der Waals surface area contributed by atoms with Gasteiger partial charge in [-0.3, -0.25) is 4.79 Å². The number of nitrogens with one attached hydrogen (secondary N) is 2. The molecule has 3 N–H and O–H groups in total. The summed E-state index contributed by atoms with van der Waals surface area (Å²) in [5.74, 6) is 1.23. The molecule has 0 aromatic carbocycles. The lowest BCUT2D eigenvalue weighted by Gasteiger charge is -2.29. The van der Waals surface area contributed by atoms with E-state index in [0.717, 1.165) is 19.4 Å². The molecule has 0 spiro atoms. The van der Waals surface area contributed by atoms with E-state index in [1.165, 1.54) is 0 Å². The number of carbonyl (C=O) groups excluding carboxylic acids is 1. The predicted octanol–water partition coefficient (Wildman–Crippen LogP) is 0.605. The maximum absolute atomic E-state index is 11.9. The van der Waals surface area contributed by atoms with Crippen molar-refractivity contribution in [2.24, 2.45) is 5.92 Å².